The number of likely N-dealkylation sites (N-methyl/N-ethyl adjacent to an activating group) is 1. The van der Waals surface area contributed by atoms with Gasteiger partial charge in [-0.2, -0.15) is 4.57 Å². The molecule has 0 aliphatic carbocycles. The summed E-state index contributed by atoms with van der Waals surface area (Å²) in [7, 11) is 5.39. The summed E-state index contributed by atoms with van der Waals surface area (Å²) in [5, 5.41) is 54.9. The van der Waals surface area contributed by atoms with E-state index in [1.807, 2.05) is 107 Å². The number of anilines is 1. The number of rotatable bonds is 19. The number of benzene rings is 4. The first kappa shape index (κ1) is 56.8. The van der Waals surface area contributed by atoms with Gasteiger partial charge < -0.3 is 45.2 Å². The molecule has 1 unspecified atom stereocenters. The Morgan fingerprint density at radius 2 is 1.20 bits per heavy atom. The van der Waals surface area contributed by atoms with Gasteiger partial charge in [-0.05, 0) is 59.4 Å². The fourth-order valence-corrected chi connectivity index (χ4v) is 9.16. The number of methoxy groups -OCH3 is 1. The summed E-state index contributed by atoms with van der Waals surface area (Å²) in [5.41, 5.74) is 4.07. The molecule has 2 amide bonds. The van der Waals surface area contributed by atoms with Gasteiger partial charge in [0.25, 0.3) is 5.69 Å². The van der Waals surface area contributed by atoms with Crippen molar-refractivity contribution in [3.8, 4) is 5.75 Å². The Kier molecular flexibility index (Phi) is 21.7. The Balaban J connectivity index is 0.00000937. The van der Waals surface area contributed by atoms with Crippen LogP contribution in [0.4, 0.5) is 5.69 Å². The van der Waals surface area contributed by atoms with Crippen molar-refractivity contribution in [1.29, 1.82) is 0 Å². The molecule has 5 aromatic rings. The van der Waals surface area contributed by atoms with Gasteiger partial charge in [0.15, 0.2) is 0 Å². The van der Waals surface area contributed by atoms with Crippen molar-refractivity contribution in [2.45, 2.75) is 19.0 Å². The Morgan fingerprint density at radius 3 is 1.72 bits per heavy atom. The van der Waals surface area contributed by atoms with Gasteiger partial charge in [-0.1, -0.05) is 48.5 Å². The minimum Gasteiger partial charge on any atom is -0.497 e. The molecule has 0 bridgehead atoms. The number of nitrogens with one attached hydrogen (secondary N) is 1. The molecular formula is C50H64BEuN8O11+. The summed E-state index contributed by atoms with van der Waals surface area (Å²) in [6.45, 7) is 2.09. The van der Waals surface area contributed by atoms with Gasteiger partial charge in [0.05, 0.1) is 50.1 Å². The topological polar surface area (TPSA) is 231 Å². The third-order valence-electron chi connectivity index (χ3n) is 12.9. The van der Waals surface area contributed by atoms with E-state index in [0.29, 0.717) is 55.1 Å². The van der Waals surface area contributed by atoms with E-state index < -0.39 is 25.0 Å². The Labute approximate surface area is 454 Å². The summed E-state index contributed by atoms with van der Waals surface area (Å²) in [5.74, 6) is -2.85. The number of carboxylic acid groups (broad SMARTS) is 3. The summed E-state index contributed by atoms with van der Waals surface area (Å²) in [6.07, 6.45) is 0.433. The van der Waals surface area contributed by atoms with E-state index in [0.717, 1.165) is 32.9 Å². The van der Waals surface area contributed by atoms with E-state index >= 15 is 0 Å². The molecule has 1 atom stereocenters. The van der Waals surface area contributed by atoms with Crippen LogP contribution < -0.4 is 25.0 Å². The molecule has 6 rings (SSSR count). The van der Waals surface area contributed by atoms with E-state index in [9.17, 15) is 49.3 Å². The molecule has 71 heavy (non-hydrogen) atoms. The molecule has 1 fully saturated rings. The van der Waals surface area contributed by atoms with Crippen LogP contribution in [0, 0.1) is 49.4 Å². The molecule has 4 aromatic carbocycles. The molecule has 1 aliphatic heterocycles. The number of aliphatic carboxylic acids is 3. The molecular weight excluding hydrogens is 1050 g/mol. The number of hydrogen-bond acceptors (Lipinski definition) is 13. The van der Waals surface area contributed by atoms with Crippen LogP contribution in [0.25, 0.3) is 21.7 Å². The first-order chi connectivity index (χ1) is 33.5. The zero-order valence-corrected chi connectivity index (χ0v) is 43.0. The van der Waals surface area contributed by atoms with Crippen LogP contribution in [0.1, 0.15) is 34.1 Å². The van der Waals surface area contributed by atoms with Gasteiger partial charge in [-0.25, -0.2) is 0 Å². The van der Waals surface area contributed by atoms with Crippen molar-refractivity contribution in [1.82, 2.24) is 29.8 Å². The number of amides is 2. The van der Waals surface area contributed by atoms with E-state index in [2.05, 4.69) is 5.32 Å². The van der Waals surface area contributed by atoms with Crippen LogP contribution in [0.2, 0.25) is 0 Å². The molecule has 1 aromatic heterocycles. The molecule has 379 valence electrons. The Hall–Kier alpha value is -5.09. The SMILES string of the molecule is COc1ccc(N(C)C(CCNC(=O)c2c3ccccc3c3cc(CN(C)C(=O)CN4CCN(CC(=O)O)CCN(CC(=O)O)CCN(CC(=O)O)CC4)ccc3[n+]2C)c2ccccc2B(O)O)cc1.[Eu]. The third kappa shape index (κ3) is 15.7. The van der Waals surface area contributed by atoms with Gasteiger partial charge in [0.2, 0.25) is 11.4 Å². The number of nitrogens with zero attached hydrogens (tertiary/aromatic N) is 7. The van der Waals surface area contributed by atoms with Crippen molar-refractivity contribution in [3.05, 3.63) is 108 Å². The predicted octanol–water partition coefficient (Wildman–Crippen LogP) is 0.937. The normalized spacial score (nSPS) is 14.9. The quantitative estimate of drug-likeness (QED) is 0.0384. The number of fused-ring (bicyclic) bond motifs is 3. The maximum atomic E-state index is 14.3. The van der Waals surface area contributed by atoms with Crippen LogP contribution in [0.5, 0.6) is 5.75 Å². The molecule has 2 heterocycles. The minimum atomic E-state index is -1.69. The smallest absolute Gasteiger partial charge is 0.488 e. The monoisotopic (exact) mass is 1120 g/mol. The number of ether oxygens (including phenoxy) is 1. The van der Waals surface area contributed by atoms with E-state index in [-0.39, 0.29) is 133 Å². The number of carbonyl (C=O) groups excluding carboxylic acids is 2. The maximum Gasteiger partial charge on any atom is 0.488 e. The van der Waals surface area contributed by atoms with Crippen molar-refractivity contribution in [2.24, 2.45) is 7.05 Å². The Bertz CT molecular complexity index is 2610. The predicted molar refractivity (Wildman–Crippen MR) is 265 cm³/mol. The van der Waals surface area contributed by atoms with E-state index in [4.69, 9.17) is 4.74 Å². The Morgan fingerprint density at radius 1 is 0.690 bits per heavy atom. The minimum absolute atomic E-state index is 0. The number of aromatic nitrogens is 1. The fraction of sp³-hybridized carbons (Fsp3) is 0.400. The van der Waals surface area contributed by atoms with Gasteiger partial charge in [-0.3, -0.25) is 43.6 Å². The first-order valence-corrected chi connectivity index (χ1v) is 23.2. The standard InChI is InChI=1S/C50H63BN8O11.Eu/c1-53(45(60)31-56-21-23-57(32-46(61)62)25-27-59(34-48(65)66)28-26-58(24-22-56)33-47(63)64)30-35-13-18-43-41(29-35)38-9-5-6-10-39(38)49(55(43)3)50(67)52-20-19-44(40-11-7-8-12-42(40)51(68)69)54(2)36-14-16-37(70-4)17-15-36;/h5-18,29,44,68-69H,19-28,30-34H2,1-4H3,(H3-,52,61,62,63,64,65,66,67);/p+1. The second kappa shape index (κ2) is 27.1. The van der Waals surface area contributed by atoms with Gasteiger partial charge in [0, 0.05) is 146 Å². The second-order valence-corrected chi connectivity index (χ2v) is 17.7. The molecule has 1 radical (unpaired) electrons. The number of carboxylic acids is 3. The first-order valence-electron chi connectivity index (χ1n) is 23.2. The average Bonchev–Trinajstić information content (AvgIpc) is 3.33. The fourth-order valence-electron chi connectivity index (χ4n) is 9.16. The van der Waals surface area contributed by atoms with E-state index in [1.165, 1.54) is 0 Å². The van der Waals surface area contributed by atoms with Crippen LogP contribution in [0.15, 0.2) is 91.0 Å². The number of carbonyl (C=O) groups is 5. The van der Waals surface area contributed by atoms with Crippen molar-refractivity contribution >= 4 is 69.7 Å². The molecule has 19 nitrogen and oxygen atoms in total. The molecule has 0 saturated carbocycles. The van der Waals surface area contributed by atoms with Crippen LogP contribution in [-0.2, 0) is 32.8 Å². The summed E-state index contributed by atoms with van der Waals surface area (Å²) >= 11 is 0. The molecule has 6 N–H and O–H groups in total. The summed E-state index contributed by atoms with van der Waals surface area (Å²) in [4.78, 5) is 74.0. The van der Waals surface area contributed by atoms with Crippen molar-refractivity contribution in [3.63, 3.8) is 0 Å². The number of pyridine rings is 1. The summed E-state index contributed by atoms with van der Waals surface area (Å²) in [6, 6.07) is 27.9. The molecule has 1 aliphatic rings. The number of hydrogen-bond donors (Lipinski definition) is 6. The zero-order chi connectivity index (χ0) is 50.5. The molecule has 1 saturated heterocycles. The largest absolute Gasteiger partial charge is 0.497 e. The third-order valence-corrected chi connectivity index (χ3v) is 12.9. The average molecular weight is 1120 g/mol. The number of aryl methyl sites for hydroxylation is 1. The van der Waals surface area contributed by atoms with Crippen LogP contribution >= 0.6 is 0 Å². The van der Waals surface area contributed by atoms with Crippen molar-refractivity contribution < 1.29 is 108 Å². The van der Waals surface area contributed by atoms with Crippen molar-refractivity contribution in [2.75, 3.05) is 111 Å². The second-order valence-electron chi connectivity index (χ2n) is 17.7. The van der Waals surface area contributed by atoms with Gasteiger partial charge in [0.1, 0.15) is 12.8 Å². The van der Waals surface area contributed by atoms with Crippen LogP contribution in [-0.4, -0.2) is 193 Å². The molecule has 0 spiro atoms. The molecule has 21 heteroatoms. The van der Waals surface area contributed by atoms with Gasteiger partial charge in [-0.15, -0.1) is 0 Å². The zero-order valence-electron chi connectivity index (χ0n) is 40.6. The maximum absolute atomic E-state index is 14.3. The van der Waals surface area contributed by atoms with Crippen LogP contribution in [0.3, 0.4) is 0 Å². The van der Waals surface area contributed by atoms with E-state index in [1.54, 1.807) is 45.9 Å². The summed E-state index contributed by atoms with van der Waals surface area (Å²) < 4.78 is 7.22. The van der Waals surface area contributed by atoms with Gasteiger partial charge >= 0.3 is 30.9 Å².